The van der Waals surface area contributed by atoms with E-state index in [1.165, 1.54) is 29.2 Å². The number of alkyl halides is 3. The van der Waals surface area contributed by atoms with Gasteiger partial charge in [0, 0.05) is 49.8 Å². The summed E-state index contributed by atoms with van der Waals surface area (Å²) in [7, 11) is 0. The lowest BCUT2D eigenvalue weighted by atomic mass is 10.1. The highest BCUT2D eigenvalue weighted by molar-refractivity contribution is 7.09. The summed E-state index contributed by atoms with van der Waals surface area (Å²) in [6, 6.07) is 12.4. The van der Waals surface area contributed by atoms with E-state index < -0.39 is 11.7 Å². The first kappa shape index (κ1) is 22.1. The molecule has 168 valence electrons. The fourth-order valence-corrected chi connectivity index (χ4v) is 4.12. The van der Waals surface area contributed by atoms with Crippen LogP contribution in [0.1, 0.15) is 22.5 Å². The third kappa shape index (κ3) is 5.37. The number of hydrogen-bond acceptors (Lipinski definition) is 5. The third-order valence-electron chi connectivity index (χ3n) is 5.24. The van der Waals surface area contributed by atoms with E-state index in [1.54, 1.807) is 4.90 Å². The number of urea groups is 1. The number of aryl methyl sites for hydroxylation is 1. The average Bonchev–Trinajstić information content (AvgIpc) is 3.24. The van der Waals surface area contributed by atoms with Crippen molar-refractivity contribution >= 4 is 28.4 Å². The molecule has 0 atom stereocenters. The number of carbonyl (C=O) groups is 1. The molecule has 0 radical (unpaired) electrons. The molecule has 6 nitrogen and oxygen atoms in total. The molecule has 2 heterocycles. The first-order valence-corrected chi connectivity index (χ1v) is 10.9. The zero-order valence-electron chi connectivity index (χ0n) is 17.4. The van der Waals surface area contributed by atoms with Gasteiger partial charge >= 0.3 is 12.2 Å². The van der Waals surface area contributed by atoms with Gasteiger partial charge in [-0.2, -0.15) is 17.5 Å². The van der Waals surface area contributed by atoms with Crippen molar-refractivity contribution in [1.82, 2.24) is 14.3 Å². The summed E-state index contributed by atoms with van der Waals surface area (Å²) in [5.74, 6) is 0.774. The normalized spacial score (nSPS) is 14.5. The Morgan fingerprint density at radius 2 is 1.69 bits per heavy atom. The smallest absolute Gasteiger partial charge is 0.343 e. The molecule has 0 bridgehead atoms. The number of nitrogens with one attached hydrogen (secondary N) is 1. The highest BCUT2D eigenvalue weighted by atomic mass is 32.1. The molecule has 1 aromatic heterocycles. The molecule has 2 aromatic carbocycles. The van der Waals surface area contributed by atoms with Gasteiger partial charge in [-0.05, 0) is 36.8 Å². The maximum absolute atomic E-state index is 12.7. The fourth-order valence-electron chi connectivity index (χ4n) is 3.38. The molecule has 0 aliphatic carbocycles. The van der Waals surface area contributed by atoms with E-state index in [2.05, 4.69) is 43.8 Å². The predicted octanol–water partition coefficient (Wildman–Crippen LogP) is 4.81. The first-order valence-electron chi connectivity index (χ1n) is 10.1. The topological polar surface area (TPSA) is 61.4 Å². The lowest BCUT2D eigenvalue weighted by Crippen LogP contribution is -2.50. The van der Waals surface area contributed by atoms with Crippen molar-refractivity contribution in [2.45, 2.75) is 19.5 Å². The summed E-state index contributed by atoms with van der Waals surface area (Å²) in [6.45, 7) is 4.24. The lowest BCUT2D eigenvalue weighted by Gasteiger charge is -2.34. The summed E-state index contributed by atoms with van der Waals surface area (Å²) in [5, 5.41) is 3.48. The van der Waals surface area contributed by atoms with Crippen LogP contribution in [-0.2, 0) is 12.6 Å². The van der Waals surface area contributed by atoms with Crippen molar-refractivity contribution in [2.75, 3.05) is 36.4 Å². The van der Waals surface area contributed by atoms with Gasteiger partial charge in [0.15, 0.2) is 0 Å². The molecule has 1 N–H and O–H groups in total. The number of carbonyl (C=O) groups excluding carboxylic acids is 1. The molecule has 32 heavy (non-hydrogen) atoms. The molecule has 1 saturated heterocycles. The standard InChI is InChI=1S/C22H22F3N5OS/c1-15-2-4-16(5-3-15)14-19-27-21(32-28-19)30-12-10-29(11-13-30)20(31)26-18-8-6-17(7-9-18)22(23,24)25/h2-9H,10-14H2,1H3,(H,26,31). The zero-order valence-corrected chi connectivity index (χ0v) is 18.2. The minimum atomic E-state index is -4.40. The van der Waals surface area contributed by atoms with Crippen LogP contribution >= 0.6 is 11.5 Å². The minimum Gasteiger partial charge on any atom is -0.343 e. The number of amides is 2. The van der Waals surface area contributed by atoms with Gasteiger partial charge < -0.3 is 15.1 Å². The zero-order chi connectivity index (χ0) is 22.7. The van der Waals surface area contributed by atoms with E-state index in [1.807, 2.05) is 6.92 Å². The van der Waals surface area contributed by atoms with Gasteiger partial charge in [0.25, 0.3) is 0 Å². The fraction of sp³-hybridized carbons (Fsp3) is 0.318. The van der Waals surface area contributed by atoms with E-state index in [9.17, 15) is 18.0 Å². The molecule has 1 aliphatic heterocycles. The van der Waals surface area contributed by atoms with E-state index in [0.29, 0.717) is 38.3 Å². The van der Waals surface area contributed by atoms with Crippen LogP contribution in [-0.4, -0.2) is 46.5 Å². The number of aromatic nitrogens is 2. The predicted molar refractivity (Wildman–Crippen MR) is 118 cm³/mol. The number of hydrogen-bond donors (Lipinski definition) is 1. The highest BCUT2D eigenvalue weighted by Gasteiger charge is 2.30. The molecule has 0 spiro atoms. The Kier molecular flexibility index (Phi) is 6.31. The van der Waals surface area contributed by atoms with Crippen molar-refractivity contribution in [3.8, 4) is 0 Å². The molecule has 0 unspecified atom stereocenters. The summed E-state index contributed by atoms with van der Waals surface area (Å²) in [4.78, 5) is 20.8. The molecule has 1 fully saturated rings. The SMILES string of the molecule is Cc1ccc(Cc2nsc(N3CCN(C(=O)Nc4ccc(C(F)(F)F)cc4)CC3)n2)cc1. The molecular weight excluding hydrogens is 439 g/mol. The minimum absolute atomic E-state index is 0.329. The van der Waals surface area contributed by atoms with E-state index >= 15 is 0 Å². The summed E-state index contributed by atoms with van der Waals surface area (Å²) >= 11 is 1.35. The van der Waals surface area contributed by atoms with Gasteiger partial charge in [-0.25, -0.2) is 9.78 Å². The summed E-state index contributed by atoms with van der Waals surface area (Å²) in [6.07, 6.45) is -3.73. The summed E-state index contributed by atoms with van der Waals surface area (Å²) in [5.41, 5.74) is 1.95. The molecular formula is C22H22F3N5OS. The molecule has 3 aromatic rings. The summed E-state index contributed by atoms with van der Waals surface area (Å²) < 4.78 is 42.5. The van der Waals surface area contributed by atoms with Crippen LogP contribution in [0.4, 0.5) is 28.8 Å². The molecule has 2 amide bonds. The van der Waals surface area contributed by atoms with Gasteiger partial charge in [-0.3, -0.25) is 0 Å². The second-order valence-corrected chi connectivity index (χ2v) is 8.37. The van der Waals surface area contributed by atoms with E-state index in [4.69, 9.17) is 0 Å². The van der Waals surface area contributed by atoms with Crippen LogP contribution in [0.2, 0.25) is 0 Å². The van der Waals surface area contributed by atoms with Crippen LogP contribution in [0.15, 0.2) is 48.5 Å². The van der Waals surface area contributed by atoms with Gasteiger partial charge in [-0.1, -0.05) is 29.8 Å². The van der Waals surface area contributed by atoms with Gasteiger partial charge in [-0.15, -0.1) is 0 Å². The van der Waals surface area contributed by atoms with Crippen LogP contribution in [0.3, 0.4) is 0 Å². The molecule has 0 saturated carbocycles. The first-order chi connectivity index (χ1) is 15.3. The number of halogens is 3. The van der Waals surface area contributed by atoms with Crippen molar-refractivity contribution in [3.63, 3.8) is 0 Å². The average molecular weight is 462 g/mol. The van der Waals surface area contributed by atoms with Gasteiger partial charge in [0.05, 0.1) is 5.56 Å². The lowest BCUT2D eigenvalue weighted by molar-refractivity contribution is -0.137. The number of piperazine rings is 1. The number of rotatable bonds is 4. The number of nitrogens with zero attached hydrogens (tertiary/aromatic N) is 4. The van der Waals surface area contributed by atoms with E-state index in [-0.39, 0.29) is 6.03 Å². The molecule has 4 rings (SSSR count). The van der Waals surface area contributed by atoms with Crippen LogP contribution in [0.5, 0.6) is 0 Å². The maximum Gasteiger partial charge on any atom is 0.416 e. The second kappa shape index (κ2) is 9.15. The Hall–Kier alpha value is -3.14. The third-order valence-corrected chi connectivity index (χ3v) is 6.06. The Morgan fingerprint density at radius 1 is 1.03 bits per heavy atom. The van der Waals surface area contributed by atoms with Crippen LogP contribution < -0.4 is 10.2 Å². The Morgan fingerprint density at radius 3 is 2.31 bits per heavy atom. The van der Waals surface area contributed by atoms with Crippen LogP contribution in [0.25, 0.3) is 0 Å². The Labute approximate surface area is 187 Å². The number of anilines is 2. The van der Waals surface area contributed by atoms with Gasteiger partial charge in [0.1, 0.15) is 5.82 Å². The maximum atomic E-state index is 12.7. The molecule has 10 heteroatoms. The second-order valence-electron chi connectivity index (χ2n) is 7.63. The van der Waals surface area contributed by atoms with Crippen molar-refractivity contribution in [3.05, 3.63) is 71.0 Å². The monoisotopic (exact) mass is 461 g/mol. The van der Waals surface area contributed by atoms with Crippen molar-refractivity contribution < 1.29 is 18.0 Å². The Balaban J connectivity index is 1.29. The van der Waals surface area contributed by atoms with Crippen LogP contribution in [0, 0.1) is 6.92 Å². The van der Waals surface area contributed by atoms with Crippen molar-refractivity contribution in [1.29, 1.82) is 0 Å². The Bertz CT molecular complexity index is 1060. The van der Waals surface area contributed by atoms with Crippen molar-refractivity contribution in [2.24, 2.45) is 0 Å². The van der Waals surface area contributed by atoms with Gasteiger partial charge in [0.2, 0.25) is 5.13 Å². The largest absolute Gasteiger partial charge is 0.416 e. The highest BCUT2D eigenvalue weighted by Crippen LogP contribution is 2.30. The number of benzene rings is 2. The molecule has 1 aliphatic rings. The quantitative estimate of drug-likeness (QED) is 0.606. The van der Waals surface area contributed by atoms with E-state index in [0.717, 1.165) is 28.7 Å².